The van der Waals surface area contributed by atoms with Crippen LogP contribution in [0.3, 0.4) is 0 Å². The number of nitrogens with one attached hydrogen (secondary N) is 5. The minimum atomic E-state index is -3.85. The fraction of sp³-hybridized carbons (Fsp3) is 0.469. The molecule has 29 nitrogen and oxygen atoms in total. The first-order chi connectivity index (χ1) is 45.9. The number of H-pyrrole nitrogens is 3. The van der Waals surface area contributed by atoms with E-state index in [1.54, 1.807) is 53.8 Å². The molecule has 0 bridgehead atoms. The summed E-state index contributed by atoms with van der Waals surface area (Å²) in [5, 5.41) is 22.7. The Morgan fingerprint density at radius 1 is 0.510 bits per heavy atom. The number of nitrogens with zero attached hydrogens (tertiary/aromatic N) is 10. The highest BCUT2D eigenvalue weighted by Gasteiger charge is 2.26. The first-order valence-electron chi connectivity index (χ1n) is 32.3. The predicted molar refractivity (Wildman–Crippen MR) is 362 cm³/mol. The van der Waals surface area contributed by atoms with E-state index in [1.807, 2.05) is 41.5 Å². The van der Waals surface area contributed by atoms with E-state index in [1.165, 1.54) is 47.0 Å². The molecule has 518 valence electrons. The van der Waals surface area contributed by atoms with E-state index in [2.05, 4.69) is 54.6 Å². The van der Waals surface area contributed by atoms with E-state index >= 15 is 0 Å². The Kier molecular flexibility index (Phi) is 24.7. The molecule has 96 heavy (non-hydrogen) atoms. The van der Waals surface area contributed by atoms with Crippen LogP contribution in [0.2, 0.25) is 0 Å². The van der Waals surface area contributed by atoms with Crippen LogP contribution in [0.1, 0.15) is 134 Å². The molecule has 0 unspecified atom stereocenters. The van der Waals surface area contributed by atoms with Gasteiger partial charge in [0.2, 0.25) is 26.0 Å². The largest absolute Gasteiger partial charge is 0.493 e. The minimum Gasteiger partial charge on any atom is -0.493 e. The second kappa shape index (κ2) is 32.4. The summed E-state index contributed by atoms with van der Waals surface area (Å²) >= 11 is 0. The molecule has 10 rings (SSSR count). The molecule has 0 atom stereocenters. The number of aromatic nitrogens is 12. The van der Waals surface area contributed by atoms with Gasteiger partial charge in [-0.25, -0.2) is 63.2 Å². The standard InChI is InChI=1S/C25H33N5O5S.C20H27N5O4S.C19H25N5O5S/c1-4-9-21-26-17(3)23-25(32)27-24(28-30(21)23)19-16-18(11-12-20(19)35-5-2)36(33,34)15-7-6-13-29-14-8-10-22(29)31;1-5-8-17-22-13(4)18-20(26)23-19(24-25(17)18)15-12-14(9-10-16(15)29-7-3)30(27,28)21-11-6-2;1-4-6-16-21-12(3)17-19(26)22-18(23-24(16)17)14-11-13(7-8-15(14)29-5-2)30(27,28)20-9-10-25/h11-12,16H,4-10,13-15H2,1-3H3,(H,27,28,32);9-10,12,21H,5-8,11H2,1-4H3,(H,23,24,26);7-8,11,20,25H,4-6,9-10H2,1-3H3,(H,22,23,26). The number of sulfone groups is 1. The lowest BCUT2D eigenvalue weighted by molar-refractivity contribution is -0.127. The van der Waals surface area contributed by atoms with E-state index in [-0.39, 0.29) is 73.6 Å². The number of aliphatic hydroxyl groups excluding tert-OH is 1. The zero-order valence-corrected chi connectivity index (χ0v) is 58.2. The van der Waals surface area contributed by atoms with Gasteiger partial charge in [0.25, 0.3) is 16.7 Å². The molecular weight excluding hydrogens is 1300 g/mol. The van der Waals surface area contributed by atoms with Gasteiger partial charge in [0, 0.05) is 51.9 Å². The number of aliphatic hydroxyl groups is 1. The van der Waals surface area contributed by atoms with Gasteiger partial charge in [-0.2, -0.15) is 0 Å². The molecule has 32 heteroatoms. The van der Waals surface area contributed by atoms with Gasteiger partial charge in [0.05, 0.1) is 80.6 Å². The van der Waals surface area contributed by atoms with Gasteiger partial charge in [0.15, 0.2) is 43.9 Å². The average molecular weight is 1380 g/mol. The number of aromatic amines is 3. The highest BCUT2D eigenvalue weighted by molar-refractivity contribution is 7.91. The Morgan fingerprint density at radius 2 is 0.885 bits per heavy atom. The number of hydrogen-bond acceptors (Lipinski definition) is 20. The summed E-state index contributed by atoms with van der Waals surface area (Å²) in [6.45, 7) is 21.0. The maximum Gasteiger partial charge on any atom is 0.277 e. The molecule has 1 saturated heterocycles. The van der Waals surface area contributed by atoms with Crippen molar-refractivity contribution in [2.24, 2.45) is 0 Å². The van der Waals surface area contributed by atoms with Crippen LogP contribution in [0.4, 0.5) is 0 Å². The molecule has 7 heterocycles. The number of sulfonamides is 2. The Hall–Kier alpha value is -8.69. The van der Waals surface area contributed by atoms with Crippen LogP contribution in [0.15, 0.2) is 83.7 Å². The molecule has 0 saturated carbocycles. The normalized spacial score (nSPS) is 12.7. The fourth-order valence-corrected chi connectivity index (χ4v) is 14.5. The van der Waals surface area contributed by atoms with Crippen molar-refractivity contribution < 1.29 is 49.4 Å². The van der Waals surface area contributed by atoms with Gasteiger partial charge < -0.3 is 39.2 Å². The van der Waals surface area contributed by atoms with Gasteiger partial charge in [-0.3, -0.25) is 19.2 Å². The third-order valence-corrected chi connectivity index (χ3v) is 20.1. The minimum absolute atomic E-state index is 0.0345. The number of aryl methyl sites for hydroxylation is 6. The Bertz CT molecular complexity index is 4620. The number of hydrogen-bond donors (Lipinski definition) is 6. The summed E-state index contributed by atoms with van der Waals surface area (Å²) in [5.74, 6) is 3.98. The Balaban J connectivity index is 0.000000185. The summed E-state index contributed by atoms with van der Waals surface area (Å²) in [6, 6.07) is 13.5. The lowest BCUT2D eigenvalue weighted by Gasteiger charge is -2.15. The number of carbonyl (C=O) groups is 1. The zero-order chi connectivity index (χ0) is 69.6. The number of likely N-dealkylation sites (tertiary alicyclic amines) is 1. The number of fused-ring (bicyclic) bond motifs is 3. The van der Waals surface area contributed by atoms with E-state index in [4.69, 9.17) is 19.3 Å². The zero-order valence-electron chi connectivity index (χ0n) is 55.8. The number of amides is 1. The number of rotatable bonds is 29. The summed E-state index contributed by atoms with van der Waals surface area (Å²) < 4.78 is 103. The third kappa shape index (κ3) is 16.7. The SMILES string of the molecule is CCCNS(=O)(=O)c1ccc(OCC)c(-c2nn3c(CCC)nc(C)c3c(=O)[nH]2)c1.CCCc1nc(C)c2c(=O)[nH]c(-c3cc(S(=O)(=O)CCCCN4CCCC4=O)ccc3OCC)nn12.CCCc1nc(C)c2c(=O)[nH]c(-c3cc(S(=O)(=O)NCCO)ccc3OCC)nn12. The van der Waals surface area contributed by atoms with E-state index in [0.717, 1.165) is 32.2 Å². The van der Waals surface area contributed by atoms with Crippen LogP contribution < -0.4 is 40.3 Å². The monoisotopic (exact) mass is 1380 g/mol. The maximum absolute atomic E-state index is 13.1. The quantitative estimate of drug-likeness (QED) is 0.0277. The van der Waals surface area contributed by atoms with Crippen molar-refractivity contribution in [3.63, 3.8) is 0 Å². The second-order valence-corrected chi connectivity index (χ2v) is 28.2. The predicted octanol–water partition coefficient (Wildman–Crippen LogP) is 6.37. The van der Waals surface area contributed by atoms with Crippen LogP contribution in [-0.2, 0) is 53.9 Å². The van der Waals surface area contributed by atoms with Crippen LogP contribution in [0.5, 0.6) is 17.2 Å². The number of ether oxygens (including phenoxy) is 3. The van der Waals surface area contributed by atoms with Crippen molar-refractivity contribution in [2.45, 2.75) is 155 Å². The third-order valence-electron chi connectivity index (χ3n) is 15.4. The van der Waals surface area contributed by atoms with Gasteiger partial charge in [-0.05, 0) is 141 Å². The molecule has 0 spiro atoms. The van der Waals surface area contributed by atoms with E-state index < -0.39 is 29.9 Å². The first-order valence-corrected chi connectivity index (χ1v) is 36.9. The topological polar surface area (TPSA) is 384 Å². The molecule has 6 N–H and O–H groups in total. The van der Waals surface area contributed by atoms with Gasteiger partial charge in [0.1, 0.15) is 34.7 Å². The first kappa shape index (κ1) is 73.1. The number of benzene rings is 3. The van der Waals surface area contributed by atoms with Crippen molar-refractivity contribution in [1.29, 1.82) is 0 Å². The number of imidazole rings is 3. The second-order valence-electron chi connectivity index (χ2n) is 22.6. The summed E-state index contributed by atoms with van der Waals surface area (Å²) in [7, 11) is -11.1. The number of carbonyl (C=O) groups excluding carboxylic acids is 1. The molecule has 1 fully saturated rings. The molecule has 9 aromatic rings. The van der Waals surface area contributed by atoms with Crippen molar-refractivity contribution in [3.8, 4) is 51.4 Å². The lowest BCUT2D eigenvalue weighted by Crippen LogP contribution is -2.26. The van der Waals surface area contributed by atoms with Crippen molar-refractivity contribution >= 4 is 52.3 Å². The fourth-order valence-electron chi connectivity index (χ4n) is 10.9. The summed E-state index contributed by atoms with van der Waals surface area (Å²) in [5.41, 5.74) is 2.94. The smallest absolute Gasteiger partial charge is 0.277 e. The van der Waals surface area contributed by atoms with Crippen LogP contribution in [0.25, 0.3) is 50.7 Å². The van der Waals surface area contributed by atoms with Crippen LogP contribution in [0, 0.1) is 20.8 Å². The van der Waals surface area contributed by atoms with Crippen LogP contribution in [-0.4, -0.2) is 158 Å². The molecule has 0 radical (unpaired) electrons. The molecular formula is C64H85N15O14S3. The van der Waals surface area contributed by atoms with Crippen LogP contribution >= 0.6 is 0 Å². The molecule has 1 amide bonds. The van der Waals surface area contributed by atoms with Crippen molar-refractivity contribution in [2.75, 3.05) is 58.4 Å². The van der Waals surface area contributed by atoms with Gasteiger partial charge in [-0.15, -0.1) is 15.3 Å². The summed E-state index contributed by atoms with van der Waals surface area (Å²) in [4.78, 5) is 73.9. The average Bonchev–Trinajstić information content (AvgIpc) is 1.51. The molecule has 6 aromatic heterocycles. The van der Waals surface area contributed by atoms with E-state index in [9.17, 15) is 44.4 Å². The van der Waals surface area contributed by atoms with Gasteiger partial charge in [-0.1, -0.05) is 27.7 Å². The van der Waals surface area contributed by atoms with Gasteiger partial charge >= 0.3 is 0 Å². The summed E-state index contributed by atoms with van der Waals surface area (Å²) in [6.07, 6.45) is 7.68. The Morgan fingerprint density at radius 3 is 1.23 bits per heavy atom. The molecule has 1 aliphatic rings. The van der Waals surface area contributed by atoms with Crippen molar-refractivity contribution in [3.05, 3.63) is 120 Å². The number of unbranched alkanes of at least 4 members (excludes halogenated alkanes) is 1. The Labute approximate surface area is 556 Å². The highest BCUT2D eigenvalue weighted by Crippen LogP contribution is 2.34. The molecule has 3 aromatic carbocycles. The maximum atomic E-state index is 13.1. The lowest BCUT2D eigenvalue weighted by atomic mass is 10.2. The van der Waals surface area contributed by atoms with E-state index in [0.29, 0.717) is 163 Å². The van der Waals surface area contributed by atoms with Crippen molar-refractivity contribution in [1.82, 2.24) is 73.1 Å². The molecule has 1 aliphatic heterocycles. The highest BCUT2D eigenvalue weighted by atomic mass is 32.2. The molecule has 0 aliphatic carbocycles.